The van der Waals surface area contributed by atoms with E-state index in [-0.39, 0.29) is 11.5 Å². The number of carbonyl (C=O) groups is 2. The van der Waals surface area contributed by atoms with Crippen LogP contribution in [0, 0.1) is 6.92 Å². The van der Waals surface area contributed by atoms with E-state index in [1.165, 1.54) is 17.4 Å². The van der Waals surface area contributed by atoms with Crippen molar-refractivity contribution < 1.29 is 19.1 Å². The maximum Gasteiger partial charge on any atom is 0.343 e. The average Bonchev–Trinajstić information content (AvgIpc) is 3.27. The number of hydrogen-bond donors (Lipinski definition) is 0. The van der Waals surface area contributed by atoms with Crippen LogP contribution in [0.5, 0.6) is 11.5 Å². The van der Waals surface area contributed by atoms with Gasteiger partial charge in [0.2, 0.25) is 5.78 Å². The van der Waals surface area contributed by atoms with Gasteiger partial charge in [-0.15, -0.1) is 11.3 Å². The van der Waals surface area contributed by atoms with Gasteiger partial charge in [0.25, 0.3) is 0 Å². The highest BCUT2D eigenvalue weighted by Gasteiger charge is 2.30. The summed E-state index contributed by atoms with van der Waals surface area (Å²) in [5, 5.41) is 2.38. The number of benzene rings is 2. The molecule has 0 bridgehead atoms. The summed E-state index contributed by atoms with van der Waals surface area (Å²) in [6.45, 7) is 1.75. The van der Waals surface area contributed by atoms with Crippen LogP contribution in [0.1, 0.15) is 31.2 Å². The normalized spacial score (nSPS) is 14.1. The molecular weight excluding hydrogens is 384 g/mol. The lowest BCUT2D eigenvalue weighted by molar-refractivity contribution is 0.0733. The maximum atomic E-state index is 12.6. The minimum absolute atomic E-state index is 0.186. The SMILES string of the molecule is Cc1c(OC(=O)c2cccc(Cl)c2)ccc2c1O/C(=C\c1cccs1)C2=O. The summed E-state index contributed by atoms with van der Waals surface area (Å²) in [6, 6.07) is 13.5. The second-order valence-corrected chi connectivity index (χ2v) is 7.34. The molecule has 0 saturated heterocycles. The molecule has 1 aromatic heterocycles. The predicted molar refractivity (Wildman–Crippen MR) is 105 cm³/mol. The van der Waals surface area contributed by atoms with Crippen LogP contribution in [0.15, 0.2) is 59.7 Å². The van der Waals surface area contributed by atoms with Gasteiger partial charge >= 0.3 is 5.97 Å². The summed E-state index contributed by atoms with van der Waals surface area (Å²) in [4.78, 5) is 25.8. The molecule has 3 aromatic rings. The molecule has 0 N–H and O–H groups in total. The van der Waals surface area contributed by atoms with Gasteiger partial charge in [-0.25, -0.2) is 4.79 Å². The molecule has 2 heterocycles. The Hall–Kier alpha value is -2.89. The van der Waals surface area contributed by atoms with E-state index < -0.39 is 5.97 Å². The number of rotatable bonds is 3. The first-order chi connectivity index (χ1) is 13.0. The zero-order chi connectivity index (χ0) is 19.0. The van der Waals surface area contributed by atoms with Crippen molar-refractivity contribution in [3.8, 4) is 11.5 Å². The molecule has 1 aliphatic rings. The molecule has 0 spiro atoms. The van der Waals surface area contributed by atoms with Crippen LogP contribution in [0.3, 0.4) is 0 Å². The molecule has 6 heteroatoms. The minimum Gasteiger partial charge on any atom is -0.452 e. The number of allylic oxidation sites excluding steroid dienone is 1. The van der Waals surface area contributed by atoms with Crippen LogP contribution in [0.4, 0.5) is 0 Å². The van der Waals surface area contributed by atoms with Gasteiger partial charge < -0.3 is 9.47 Å². The number of thiophene rings is 1. The summed E-state index contributed by atoms with van der Waals surface area (Å²) in [5.41, 5.74) is 1.39. The van der Waals surface area contributed by atoms with Crippen molar-refractivity contribution in [2.45, 2.75) is 6.92 Å². The van der Waals surface area contributed by atoms with Crippen LogP contribution >= 0.6 is 22.9 Å². The number of fused-ring (bicyclic) bond motifs is 1. The van der Waals surface area contributed by atoms with E-state index in [1.807, 2.05) is 17.5 Å². The molecule has 0 unspecified atom stereocenters. The average molecular weight is 397 g/mol. The van der Waals surface area contributed by atoms with Crippen molar-refractivity contribution >= 4 is 40.8 Å². The summed E-state index contributed by atoms with van der Waals surface area (Å²) in [7, 11) is 0. The lowest BCUT2D eigenvalue weighted by Gasteiger charge is -2.10. The Kier molecular flexibility index (Phi) is 4.56. The third-order valence-corrected chi connectivity index (χ3v) is 5.17. The molecule has 1 aliphatic heterocycles. The number of Topliss-reactive ketones (excluding diaryl/α,β-unsaturated/α-hetero) is 1. The van der Waals surface area contributed by atoms with Crippen LogP contribution < -0.4 is 9.47 Å². The molecule has 2 aromatic carbocycles. The van der Waals surface area contributed by atoms with Gasteiger partial charge in [-0.3, -0.25) is 4.79 Å². The molecule has 4 nitrogen and oxygen atoms in total. The van der Waals surface area contributed by atoms with Gasteiger partial charge in [0.05, 0.1) is 11.1 Å². The Balaban J connectivity index is 1.62. The molecule has 134 valence electrons. The first-order valence-electron chi connectivity index (χ1n) is 8.12. The number of ketones is 1. The fourth-order valence-electron chi connectivity index (χ4n) is 2.76. The number of carbonyl (C=O) groups excluding carboxylic acids is 2. The van der Waals surface area contributed by atoms with E-state index >= 15 is 0 Å². The fourth-order valence-corrected chi connectivity index (χ4v) is 3.59. The predicted octanol–water partition coefficient (Wildman–Crippen LogP) is 5.55. The van der Waals surface area contributed by atoms with Crippen molar-refractivity contribution in [3.05, 3.63) is 86.3 Å². The number of halogens is 1. The zero-order valence-corrected chi connectivity index (χ0v) is 15.8. The Morgan fingerprint density at radius 1 is 1.19 bits per heavy atom. The Morgan fingerprint density at radius 2 is 2.04 bits per heavy atom. The van der Waals surface area contributed by atoms with Crippen LogP contribution in [0.25, 0.3) is 6.08 Å². The zero-order valence-electron chi connectivity index (χ0n) is 14.2. The summed E-state index contributed by atoms with van der Waals surface area (Å²) in [6.07, 6.45) is 1.71. The first-order valence-corrected chi connectivity index (χ1v) is 9.38. The Bertz CT molecular complexity index is 1080. The number of esters is 1. The van der Waals surface area contributed by atoms with E-state index in [4.69, 9.17) is 21.1 Å². The van der Waals surface area contributed by atoms with Crippen molar-refractivity contribution in [2.75, 3.05) is 0 Å². The van der Waals surface area contributed by atoms with Crippen LogP contribution in [-0.4, -0.2) is 11.8 Å². The van der Waals surface area contributed by atoms with Crippen molar-refractivity contribution in [3.63, 3.8) is 0 Å². The second-order valence-electron chi connectivity index (χ2n) is 5.92. The van der Waals surface area contributed by atoms with Crippen molar-refractivity contribution in [2.24, 2.45) is 0 Å². The molecule has 0 radical (unpaired) electrons. The smallest absolute Gasteiger partial charge is 0.343 e. The van der Waals surface area contributed by atoms with E-state index in [0.29, 0.717) is 33.2 Å². The van der Waals surface area contributed by atoms with E-state index in [1.54, 1.807) is 43.3 Å². The largest absolute Gasteiger partial charge is 0.452 e. The second kappa shape index (κ2) is 7.02. The summed E-state index contributed by atoms with van der Waals surface area (Å²) >= 11 is 7.44. The monoisotopic (exact) mass is 396 g/mol. The highest BCUT2D eigenvalue weighted by atomic mass is 35.5. The fraction of sp³-hybridized carbons (Fsp3) is 0.0476. The third kappa shape index (κ3) is 3.39. The molecule has 0 fully saturated rings. The highest BCUT2D eigenvalue weighted by molar-refractivity contribution is 7.10. The van der Waals surface area contributed by atoms with Crippen LogP contribution in [0.2, 0.25) is 5.02 Å². The lowest BCUT2D eigenvalue weighted by atomic mass is 10.1. The molecule has 27 heavy (non-hydrogen) atoms. The maximum absolute atomic E-state index is 12.6. The van der Waals surface area contributed by atoms with Crippen molar-refractivity contribution in [1.29, 1.82) is 0 Å². The minimum atomic E-state index is -0.528. The van der Waals surface area contributed by atoms with Crippen molar-refractivity contribution in [1.82, 2.24) is 0 Å². The Morgan fingerprint density at radius 3 is 2.78 bits per heavy atom. The Labute approximate surface area is 164 Å². The van der Waals surface area contributed by atoms with Gasteiger partial charge in [-0.1, -0.05) is 23.7 Å². The van der Waals surface area contributed by atoms with Gasteiger partial charge in [-0.2, -0.15) is 0 Å². The molecule has 0 aliphatic carbocycles. The standard InChI is InChI=1S/C21H13ClO4S/c1-12-17(26-21(24)13-4-2-5-14(22)10-13)8-7-16-19(23)18(25-20(12)16)11-15-6-3-9-27-15/h2-11H,1H3/b18-11-. The van der Waals surface area contributed by atoms with Gasteiger partial charge in [0, 0.05) is 21.5 Å². The lowest BCUT2D eigenvalue weighted by Crippen LogP contribution is -2.09. The van der Waals surface area contributed by atoms with E-state index in [2.05, 4.69) is 0 Å². The molecule has 0 saturated carbocycles. The van der Waals surface area contributed by atoms with Gasteiger partial charge in [0.15, 0.2) is 5.76 Å². The first kappa shape index (κ1) is 17.5. The highest BCUT2D eigenvalue weighted by Crippen LogP contribution is 2.39. The third-order valence-electron chi connectivity index (χ3n) is 4.12. The summed E-state index contributed by atoms with van der Waals surface area (Å²) < 4.78 is 11.3. The molecule has 0 amide bonds. The van der Waals surface area contributed by atoms with E-state index in [0.717, 1.165) is 4.88 Å². The number of hydrogen-bond acceptors (Lipinski definition) is 5. The van der Waals surface area contributed by atoms with Crippen LogP contribution in [-0.2, 0) is 0 Å². The quantitative estimate of drug-likeness (QED) is 0.331. The number of ether oxygens (including phenoxy) is 2. The summed E-state index contributed by atoms with van der Waals surface area (Å²) in [5.74, 6) is 0.297. The molecule has 4 rings (SSSR count). The molecule has 0 atom stereocenters. The van der Waals surface area contributed by atoms with Gasteiger partial charge in [-0.05, 0) is 48.7 Å². The molecular formula is C21H13ClO4S. The van der Waals surface area contributed by atoms with Gasteiger partial charge in [0.1, 0.15) is 11.5 Å². The van der Waals surface area contributed by atoms with E-state index in [9.17, 15) is 9.59 Å². The topological polar surface area (TPSA) is 52.6 Å².